The lowest BCUT2D eigenvalue weighted by molar-refractivity contribution is -0.117. The number of hydrogen-bond acceptors (Lipinski definition) is 5. The Labute approximate surface area is 166 Å². The molecule has 1 saturated carbocycles. The average Bonchev–Trinajstić information content (AvgIpc) is 3.31. The maximum absolute atomic E-state index is 14.6. The molecule has 0 radical (unpaired) electrons. The van der Waals surface area contributed by atoms with E-state index < -0.39 is 29.2 Å². The van der Waals surface area contributed by atoms with Crippen molar-refractivity contribution < 1.29 is 18.4 Å². The number of hydrogen-bond donors (Lipinski definition) is 1. The first-order chi connectivity index (χ1) is 13.4. The maximum atomic E-state index is 14.6. The van der Waals surface area contributed by atoms with E-state index in [-0.39, 0.29) is 46.6 Å². The molecule has 2 aliphatic rings. The highest BCUT2D eigenvalue weighted by molar-refractivity contribution is 9.10. The van der Waals surface area contributed by atoms with E-state index in [0.717, 1.165) is 0 Å². The first-order valence-electron chi connectivity index (χ1n) is 8.29. The minimum atomic E-state index is -1.28. The van der Waals surface area contributed by atoms with Gasteiger partial charge in [-0.25, -0.2) is 18.7 Å². The number of alkyl halides is 1. The lowest BCUT2D eigenvalue weighted by atomic mass is 9.85. The van der Waals surface area contributed by atoms with E-state index >= 15 is 0 Å². The number of amides is 2. The van der Waals surface area contributed by atoms with E-state index in [2.05, 4.69) is 31.2 Å². The molecule has 7 nitrogen and oxygen atoms in total. The summed E-state index contributed by atoms with van der Waals surface area (Å²) >= 11 is 3.08. The Hall–Kier alpha value is -2.93. The summed E-state index contributed by atoms with van der Waals surface area (Å²) in [7, 11) is 0. The molecule has 142 valence electrons. The summed E-state index contributed by atoms with van der Waals surface area (Å²) in [6.07, 6.45) is 1.31. The molecule has 0 bridgehead atoms. The normalized spacial score (nSPS) is 22.6. The second-order valence-corrected chi connectivity index (χ2v) is 7.58. The van der Waals surface area contributed by atoms with Crippen LogP contribution in [0, 0.1) is 17.1 Å². The monoisotopic (exact) mass is 447 g/mol. The van der Waals surface area contributed by atoms with Gasteiger partial charge in [0.25, 0.3) is 5.91 Å². The van der Waals surface area contributed by atoms with Crippen molar-refractivity contribution in [3.8, 4) is 6.07 Å². The molecule has 2 aromatic rings. The van der Waals surface area contributed by atoms with Crippen molar-refractivity contribution in [3.63, 3.8) is 0 Å². The number of nitrogens with one attached hydrogen (secondary N) is 1. The van der Waals surface area contributed by atoms with Gasteiger partial charge < -0.3 is 4.90 Å². The van der Waals surface area contributed by atoms with Crippen molar-refractivity contribution >= 4 is 33.7 Å². The van der Waals surface area contributed by atoms with Crippen LogP contribution in [-0.2, 0) is 10.2 Å². The second kappa shape index (κ2) is 6.60. The van der Waals surface area contributed by atoms with Crippen LogP contribution >= 0.6 is 15.9 Å². The standard InChI is InChI=1S/C18H12BrF2N5O2/c19-11-2-1-10-14(15(11)21)18(3-12(18)20)8-26(16(10)28)7-13(27)25-17-23-5-9(4-22)6-24-17/h1-2,5-6,12H,3,7-8H2,(H,23,24,25,27)/t12-,18-/m1/s1. The van der Waals surface area contributed by atoms with Crippen LogP contribution in [0.3, 0.4) is 0 Å². The summed E-state index contributed by atoms with van der Waals surface area (Å²) in [6, 6.07) is 4.69. The Morgan fingerprint density at radius 2 is 2.11 bits per heavy atom. The molecule has 4 rings (SSSR count). The van der Waals surface area contributed by atoms with Crippen molar-refractivity contribution in [1.29, 1.82) is 5.26 Å². The van der Waals surface area contributed by atoms with Crippen LogP contribution in [0.2, 0.25) is 0 Å². The van der Waals surface area contributed by atoms with Gasteiger partial charge in [0, 0.05) is 17.7 Å². The minimum absolute atomic E-state index is 0.0201. The fraction of sp³-hybridized carbons (Fsp3) is 0.278. The van der Waals surface area contributed by atoms with Gasteiger partial charge in [-0.05, 0) is 34.5 Å². The summed E-state index contributed by atoms with van der Waals surface area (Å²) in [4.78, 5) is 33.9. The van der Waals surface area contributed by atoms with Crippen LogP contribution < -0.4 is 5.32 Å². The van der Waals surface area contributed by atoms with E-state index in [9.17, 15) is 18.4 Å². The molecule has 1 N–H and O–H groups in total. The van der Waals surface area contributed by atoms with Gasteiger partial charge in [0.2, 0.25) is 11.9 Å². The summed E-state index contributed by atoms with van der Waals surface area (Å²) in [6.45, 7) is -0.442. The van der Waals surface area contributed by atoms with Crippen LogP contribution in [0.25, 0.3) is 0 Å². The third kappa shape index (κ3) is 2.92. The number of carbonyl (C=O) groups excluding carboxylic acids is 2. The molecule has 1 aromatic heterocycles. The van der Waals surface area contributed by atoms with Crippen LogP contribution in [0.5, 0.6) is 0 Å². The van der Waals surface area contributed by atoms with Crippen molar-refractivity contribution in [2.45, 2.75) is 18.0 Å². The zero-order valence-electron chi connectivity index (χ0n) is 14.2. The second-order valence-electron chi connectivity index (χ2n) is 6.73. The van der Waals surface area contributed by atoms with Gasteiger partial charge in [-0.15, -0.1) is 0 Å². The number of aromatic nitrogens is 2. The zero-order valence-corrected chi connectivity index (χ0v) is 15.8. The number of carbonyl (C=O) groups is 2. The van der Waals surface area contributed by atoms with Gasteiger partial charge in [-0.3, -0.25) is 14.9 Å². The lowest BCUT2D eigenvalue weighted by Crippen LogP contribution is -2.48. The number of anilines is 1. The Morgan fingerprint density at radius 1 is 1.43 bits per heavy atom. The molecule has 2 amide bonds. The van der Waals surface area contributed by atoms with Crippen molar-refractivity contribution in [3.05, 3.63) is 51.5 Å². The predicted molar refractivity (Wildman–Crippen MR) is 96.6 cm³/mol. The Morgan fingerprint density at radius 3 is 2.71 bits per heavy atom. The first-order valence-corrected chi connectivity index (χ1v) is 9.09. The quantitative estimate of drug-likeness (QED) is 0.778. The van der Waals surface area contributed by atoms with Gasteiger partial charge in [-0.1, -0.05) is 0 Å². The van der Waals surface area contributed by atoms with Crippen LogP contribution in [0.15, 0.2) is 29.0 Å². The number of nitrogens with zero attached hydrogens (tertiary/aromatic N) is 4. The Bertz CT molecular complexity index is 1040. The van der Waals surface area contributed by atoms with Crippen molar-refractivity contribution in [2.75, 3.05) is 18.4 Å². The maximum Gasteiger partial charge on any atom is 0.254 e. The molecule has 1 aliphatic heterocycles. The molecule has 1 aliphatic carbocycles. The smallest absolute Gasteiger partial charge is 0.254 e. The molecule has 1 fully saturated rings. The summed E-state index contributed by atoms with van der Waals surface area (Å²) < 4.78 is 29.0. The topological polar surface area (TPSA) is 99.0 Å². The van der Waals surface area contributed by atoms with E-state index in [1.165, 1.54) is 29.4 Å². The van der Waals surface area contributed by atoms with Crippen LogP contribution in [-0.4, -0.2) is 45.9 Å². The molecule has 28 heavy (non-hydrogen) atoms. The molecule has 2 atom stereocenters. The fourth-order valence-corrected chi connectivity index (χ4v) is 3.81. The number of nitriles is 1. The van der Waals surface area contributed by atoms with E-state index in [0.29, 0.717) is 0 Å². The van der Waals surface area contributed by atoms with E-state index in [1.54, 1.807) is 0 Å². The molecular formula is C18H12BrF2N5O2. The molecule has 10 heteroatoms. The average molecular weight is 448 g/mol. The summed E-state index contributed by atoms with van der Waals surface area (Å²) in [5.41, 5.74) is -0.748. The first kappa shape index (κ1) is 18.4. The lowest BCUT2D eigenvalue weighted by Gasteiger charge is -2.34. The molecular weight excluding hydrogens is 436 g/mol. The summed E-state index contributed by atoms with van der Waals surface area (Å²) in [5.74, 6) is -1.78. The highest BCUT2D eigenvalue weighted by atomic mass is 79.9. The van der Waals surface area contributed by atoms with E-state index in [1.807, 2.05) is 6.07 Å². The summed E-state index contributed by atoms with van der Waals surface area (Å²) in [5, 5.41) is 11.2. The number of rotatable bonds is 3. The molecule has 0 unspecified atom stereocenters. The van der Waals surface area contributed by atoms with E-state index in [4.69, 9.17) is 5.26 Å². The third-order valence-corrected chi connectivity index (χ3v) is 5.55. The van der Waals surface area contributed by atoms with Gasteiger partial charge in [0.05, 0.1) is 27.8 Å². The number of benzene rings is 1. The van der Waals surface area contributed by atoms with Gasteiger partial charge in [0.15, 0.2) is 0 Å². The van der Waals surface area contributed by atoms with Crippen LogP contribution in [0.1, 0.15) is 27.9 Å². The zero-order chi connectivity index (χ0) is 20.1. The van der Waals surface area contributed by atoms with Crippen molar-refractivity contribution in [1.82, 2.24) is 14.9 Å². The van der Waals surface area contributed by atoms with Gasteiger partial charge in [-0.2, -0.15) is 5.26 Å². The third-order valence-electron chi connectivity index (χ3n) is 4.93. The molecule has 2 heterocycles. The van der Waals surface area contributed by atoms with Gasteiger partial charge >= 0.3 is 0 Å². The largest absolute Gasteiger partial charge is 0.328 e. The fourth-order valence-electron chi connectivity index (χ4n) is 3.48. The molecule has 0 saturated heterocycles. The van der Waals surface area contributed by atoms with Crippen molar-refractivity contribution in [2.24, 2.45) is 0 Å². The van der Waals surface area contributed by atoms with Gasteiger partial charge in [0.1, 0.15) is 24.6 Å². The van der Waals surface area contributed by atoms with Crippen LogP contribution in [0.4, 0.5) is 14.7 Å². The Balaban J connectivity index is 1.56. The number of fused-ring (bicyclic) bond motifs is 2. The molecule has 1 aromatic carbocycles. The SMILES string of the molecule is N#Cc1cnc(NC(=O)CN2C[C@@]3(C[C@H]3F)c3c(ccc(Br)c3F)C2=O)nc1. The highest BCUT2D eigenvalue weighted by Crippen LogP contribution is 2.55. The minimum Gasteiger partial charge on any atom is -0.328 e. The number of halogens is 3. The molecule has 1 spiro atoms. The highest BCUT2D eigenvalue weighted by Gasteiger charge is 2.62. The Kier molecular flexibility index (Phi) is 4.34. The predicted octanol–water partition coefficient (Wildman–Crippen LogP) is 2.32.